The van der Waals surface area contributed by atoms with Crippen molar-refractivity contribution in [1.82, 2.24) is 4.31 Å². The quantitative estimate of drug-likeness (QED) is 0.459. The van der Waals surface area contributed by atoms with Gasteiger partial charge in [0, 0.05) is 18.7 Å². The second-order valence-corrected chi connectivity index (χ2v) is 9.11. The van der Waals surface area contributed by atoms with E-state index in [4.69, 9.17) is 4.74 Å². The van der Waals surface area contributed by atoms with Gasteiger partial charge in [-0.2, -0.15) is 4.31 Å². The molecule has 0 spiro atoms. The Labute approximate surface area is 185 Å². The number of ketones is 1. The van der Waals surface area contributed by atoms with E-state index in [1.54, 1.807) is 6.07 Å². The number of methoxy groups -OCH3 is 1. The zero-order valence-corrected chi connectivity index (χ0v) is 18.1. The zero-order valence-electron chi connectivity index (χ0n) is 17.3. The fourth-order valence-corrected chi connectivity index (χ4v) is 5.06. The summed E-state index contributed by atoms with van der Waals surface area (Å²) < 4.78 is 50.0. The lowest BCUT2D eigenvalue weighted by Crippen LogP contribution is -2.41. The summed E-state index contributed by atoms with van der Waals surface area (Å²) in [6.45, 7) is -0.359. The lowest BCUT2D eigenvalue weighted by molar-refractivity contribution is -0.148. The maximum atomic E-state index is 13.0. The molecule has 0 aromatic heterocycles. The largest absolute Gasteiger partial charge is 0.465 e. The predicted molar refractivity (Wildman–Crippen MR) is 111 cm³/mol. The normalized spacial score (nSPS) is 15.2. The van der Waals surface area contributed by atoms with Crippen LogP contribution in [0.1, 0.15) is 33.6 Å². The highest BCUT2D eigenvalue weighted by molar-refractivity contribution is 7.89. The van der Waals surface area contributed by atoms with Gasteiger partial charge in [-0.3, -0.25) is 9.59 Å². The molecule has 32 heavy (non-hydrogen) atoms. The smallest absolute Gasteiger partial charge is 0.339 e. The number of carbonyl (C=O) groups excluding carboxylic acids is 3. The standard InChI is InChI=1S/C22H22FNO7S/c1-30-22(27)18-4-2-3-5-20(18)32(28,29)24-12-10-16(11-13-24)21(26)31-14-19(25)15-6-8-17(23)9-7-15/h2-9,16H,10-14H2,1H3. The van der Waals surface area contributed by atoms with Crippen molar-refractivity contribution in [3.05, 3.63) is 65.5 Å². The highest BCUT2D eigenvalue weighted by Gasteiger charge is 2.35. The molecule has 8 nitrogen and oxygen atoms in total. The Hall–Kier alpha value is -3.11. The van der Waals surface area contributed by atoms with Crippen LogP contribution in [0.15, 0.2) is 53.4 Å². The van der Waals surface area contributed by atoms with Crippen LogP contribution < -0.4 is 0 Å². The Morgan fingerprint density at radius 2 is 1.66 bits per heavy atom. The van der Waals surface area contributed by atoms with Crippen LogP contribution in [0, 0.1) is 11.7 Å². The summed E-state index contributed by atoms with van der Waals surface area (Å²) in [5.74, 6) is -2.84. The Bertz CT molecular complexity index is 1110. The molecule has 0 atom stereocenters. The molecule has 0 radical (unpaired) electrons. The number of Topliss-reactive ketones (excluding diaryl/α,β-unsaturated/α-hetero) is 1. The molecule has 2 aromatic carbocycles. The van der Waals surface area contributed by atoms with E-state index in [0.29, 0.717) is 0 Å². The Balaban J connectivity index is 1.59. The minimum absolute atomic E-state index is 0.0590. The lowest BCUT2D eigenvalue weighted by Gasteiger charge is -2.30. The maximum absolute atomic E-state index is 13.0. The van der Waals surface area contributed by atoms with Crippen molar-refractivity contribution in [3.63, 3.8) is 0 Å². The number of esters is 2. The van der Waals surface area contributed by atoms with Crippen LogP contribution in [0.25, 0.3) is 0 Å². The van der Waals surface area contributed by atoms with E-state index in [1.165, 1.54) is 41.7 Å². The number of ether oxygens (including phenoxy) is 2. The summed E-state index contributed by atoms with van der Waals surface area (Å²) in [6.07, 6.45) is 0.423. The number of halogens is 1. The predicted octanol–water partition coefficient (Wildman–Crippen LogP) is 2.44. The Morgan fingerprint density at radius 1 is 1.03 bits per heavy atom. The van der Waals surface area contributed by atoms with Gasteiger partial charge in [0.15, 0.2) is 12.4 Å². The van der Waals surface area contributed by atoms with Gasteiger partial charge in [0.2, 0.25) is 10.0 Å². The van der Waals surface area contributed by atoms with Gasteiger partial charge < -0.3 is 9.47 Å². The van der Waals surface area contributed by atoms with Gasteiger partial charge in [0.05, 0.1) is 23.5 Å². The number of benzene rings is 2. The first-order chi connectivity index (χ1) is 15.2. The molecule has 10 heteroatoms. The van der Waals surface area contributed by atoms with Gasteiger partial charge >= 0.3 is 11.9 Å². The average molecular weight is 463 g/mol. The molecule has 0 amide bonds. The molecule has 0 saturated carbocycles. The van der Waals surface area contributed by atoms with Crippen LogP contribution in [-0.2, 0) is 24.3 Å². The van der Waals surface area contributed by atoms with E-state index in [1.807, 2.05) is 0 Å². The average Bonchev–Trinajstić information content (AvgIpc) is 2.82. The molecule has 1 aliphatic rings. The van der Waals surface area contributed by atoms with Crippen LogP contribution in [0.3, 0.4) is 0 Å². The third-order valence-electron chi connectivity index (χ3n) is 5.21. The van der Waals surface area contributed by atoms with Crippen molar-refractivity contribution in [2.45, 2.75) is 17.7 Å². The number of hydrogen-bond acceptors (Lipinski definition) is 7. The summed E-state index contributed by atoms with van der Waals surface area (Å²) in [5.41, 5.74) is 0.167. The first-order valence-electron chi connectivity index (χ1n) is 9.87. The molecule has 1 saturated heterocycles. The van der Waals surface area contributed by atoms with Crippen LogP contribution in [0.4, 0.5) is 4.39 Å². The third kappa shape index (κ3) is 5.20. The number of nitrogens with zero attached hydrogens (tertiary/aromatic N) is 1. The fourth-order valence-electron chi connectivity index (χ4n) is 3.41. The molecule has 1 heterocycles. The topological polar surface area (TPSA) is 107 Å². The van der Waals surface area contributed by atoms with Gasteiger partial charge in [-0.05, 0) is 49.2 Å². The molecule has 1 fully saturated rings. The van der Waals surface area contributed by atoms with Gasteiger partial charge in [0.1, 0.15) is 5.82 Å². The number of hydrogen-bond donors (Lipinski definition) is 0. The second-order valence-electron chi connectivity index (χ2n) is 7.20. The van der Waals surface area contributed by atoms with Crippen molar-refractivity contribution in [1.29, 1.82) is 0 Å². The van der Waals surface area contributed by atoms with Gasteiger partial charge in [-0.1, -0.05) is 12.1 Å². The van der Waals surface area contributed by atoms with Crippen molar-refractivity contribution >= 4 is 27.7 Å². The van der Waals surface area contributed by atoms with Crippen molar-refractivity contribution in [2.24, 2.45) is 5.92 Å². The van der Waals surface area contributed by atoms with Crippen molar-refractivity contribution in [3.8, 4) is 0 Å². The van der Waals surface area contributed by atoms with Gasteiger partial charge in [-0.15, -0.1) is 0 Å². The van der Waals surface area contributed by atoms with E-state index < -0.39 is 46.1 Å². The van der Waals surface area contributed by atoms with E-state index in [2.05, 4.69) is 4.74 Å². The molecule has 3 rings (SSSR count). The SMILES string of the molecule is COC(=O)c1ccccc1S(=O)(=O)N1CCC(C(=O)OCC(=O)c2ccc(F)cc2)CC1. The highest BCUT2D eigenvalue weighted by Crippen LogP contribution is 2.27. The fraction of sp³-hybridized carbons (Fsp3) is 0.318. The molecular weight excluding hydrogens is 441 g/mol. The van der Waals surface area contributed by atoms with Gasteiger partial charge in [0.25, 0.3) is 0 Å². The molecule has 0 aliphatic carbocycles. The third-order valence-corrected chi connectivity index (χ3v) is 7.17. The second kappa shape index (κ2) is 10.0. The van der Waals surface area contributed by atoms with E-state index in [9.17, 15) is 27.2 Å². The minimum atomic E-state index is -3.97. The minimum Gasteiger partial charge on any atom is -0.465 e. The molecule has 0 bridgehead atoms. The Kier molecular flexibility index (Phi) is 7.37. The van der Waals surface area contributed by atoms with Crippen LogP contribution in [-0.4, -0.2) is 57.3 Å². The summed E-state index contributed by atoms with van der Waals surface area (Å²) in [6, 6.07) is 10.7. The maximum Gasteiger partial charge on any atom is 0.339 e. The van der Waals surface area contributed by atoms with Gasteiger partial charge in [-0.25, -0.2) is 17.6 Å². The van der Waals surface area contributed by atoms with Crippen molar-refractivity contribution < 1.29 is 36.7 Å². The zero-order chi connectivity index (χ0) is 23.3. The Morgan fingerprint density at radius 3 is 2.28 bits per heavy atom. The number of piperidine rings is 1. The molecule has 170 valence electrons. The monoisotopic (exact) mass is 463 g/mol. The highest BCUT2D eigenvalue weighted by atomic mass is 32.2. The van der Waals surface area contributed by atoms with E-state index in [-0.39, 0.29) is 42.0 Å². The number of carbonyl (C=O) groups is 3. The summed E-state index contributed by atoms with van der Waals surface area (Å²) in [5, 5.41) is 0. The van der Waals surface area contributed by atoms with Crippen LogP contribution in [0.2, 0.25) is 0 Å². The first-order valence-corrected chi connectivity index (χ1v) is 11.3. The first kappa shape index (κ1) is 23.6. The molecular formula is C22H22FNO7S. The van der Waals surface area contributed by atoms with Crippen LogP contribution in [0.5, 0.6) is 0 Å². The molecule has 0 N–H and O–H groups in total. The molecule has 1 aliphatic heterocycles. The lowest BCUT2D eigenvalue weighted by atomic mass is 9.98. The summed E-state index contributed by atoms with van der Waals surface area (Å²) in [4.78, 5) is 36.2. The summed E-state index contributed by atoms with van der Waals surface area (Å²) in [7, 11) is -2.80. The molecule has 0 unspecified atom stereocenters. The molecule has 2 aromatic rings. The number of sulfonamides is 1. The number of rotatable bonds is 7. The van der Waals surface area contributed by atoms with Crippen molar-refractivity contribution in [2.75, 3.05) is 26.8 Å². The van der Waals surface area contributed by atoms with Crippen LogP contribution >= 0.6 is 0 Å². The summed E-state index contributed by atoms with van der Waals surface area (Å²) >= 11 is 0. The van der Waals surface area contributed by atoms with E-state index in [0.717, 1.165) is 12.1 Å². The van der Waals surface area contributed by atoms with E-state index >= 15 is 0 Å².